The van der Waals surface area contributed by atoms with E-state index in [1.54, 1.807) is 0 Å². The van der Waals surface area contributed by atoms with Gasteiger partial charge in [-0.05, 0) is 6.42 Å². The quantitative estimate of drug-likeness (QED) is 0.529. The van der Waals surface area contributed by atoms with Gasteiger partial charge < -0.3 is 0 Å². The van der Waals surface area contributed by atoms with Crippen molar-refractivity contribution in [3.63, 3.8) is 0 Å². The van der Waals surface area contributed by atoms with Crippen LogP contribution < -0.4 is 0 Å². The van der Waals surface area contributed by atoms with Crippen molar-refractivity contribution in [2.75, 3.05) is 0 Å². The monoisotopic (exact) mass is 134 g/mol. The van der Waals surface area contributed by atoms with E-state index in [4.69, 9.17) is 0 Å². The number of carbonyl (C=O) groups excluding carboxylic acids is 1. The molecular weight excluding hydrogens is 126 g/mol. The number of hydrogen-bond acceptors (Lipinski definition) is 1. The van der Waals surface area contributed by atoms with Gasteiger partial charge in [0.15, 0.2) is 11.6 Å². The van der Waals surface area contributed by atoms with Crippen molar-refractivity contribution >= 4 is 5.78 Å². The Morgan fingerprint density at radius 1 is 1.44 bits per heavy atom. The lowest BCUT2D eigenvalue weighted by atomic mass is 10.3. The van der Waals surface area contributed by atoms with Crippen LogP contribution in [0.15, 0.2) is 11.7 Å². The summed E-state index contributed by atoms with van der Waals surface area (Å²) in [5.41, 5.74) is 0. The van der Waals surface area contributed by atoms with E-state index in [-0.39, 0.29) is 6.42 Å². The minimum atomic E-state index is -1.25. The van der Waals surface area contributed by atoms with Gasteiger partial charge in [-0.25, -0.2) is 8.78 Å². The lowest BCUT2D eigenvalue weighted by Gasteiger charge is -1.90. The van der Waals surface area contributed by atoms with Gasteiger partial charge in [0, 0.05) is 6.92 Å². The first-order valence-electron chi connectivity index (χ1n) is 2.64. The van der Waals surface area contributed by atoms with Crippen LogP contribution in [0.5, 0.6) is 0 Å². The molecule has 0 atom stereocenters. The van der Waals surface area contributed by atoms with Crippen LogP contribution in [0.3, 0.4) is 0 Å². The Labute approximate surface area is 52.4 Å². The summed E-state index contributed by atoms with van der Waals surface area (Å²) in [5.74, 6) is -3.07. The highest BCUT2D eigenvalue weighted by atomic mass is 19.2. The summed E-state index contributed by atoms with van der Waals surface area (Å²) < 4.78 is 24.1. The molecule has 0 aliphatic heterocycles. The summed E-state index contributed by atoms with van der Waals surface area (Å²) in [6.45, 7) is 2.43. The number of carbonyl (C=O) groups is 1. The van der Waals surface area contributed by atoms with Crippen LogP contribution in [0.1, 0.15) is 20.3 Å². The molecule has 3 heteroatoms. The maximum Gasteiger partial charge on any atom is 0.197 e. The predicted octanol–water partition coefficient (Wildman–Crippen LogP) is 2.14. The summed E-state index contributed by atoms with van der Waals surface area (Å²) in [6.07, 6.45) is -0.0641. The lowest BCUT2D eigenvalue weighted by Crippen LogP contribution is -1.92. The average Bonchev–Trinajstić information content (AvgIpc) is 1.84. The highest BCUT2D eigenvalue weighted by molar-refractivity contribution is 5.91. The van der Waals surface area contributed by atoms with Crippen LogP contribution >= 0.6 is 0 Å². The average molecular weight is 134 g/mol. The minimum absolute atomic E-state index is 0.0641. The van der Waals surface area contributed by atoms with Crippen LogP contribution in [0.4, 0.5) is 8.78 Å². The summed E-state index contributed by atoms with van der Waals surface area (Å²) in [6, 6.07) is 0. The molecule has 52 valence electrons. The van der Waals surface area contributed by atoms with Crippen molar-refractivity contribution in [3.8, 4) is 0 Å². The first-order chi connectivity index (χ1) is 4.09. The molecule has 0 aromatic heterocycles. The SMILES string of the molecule is CCC(F)=C(F)C(C)=O. The van der Waals surface area contributed by atoms with Crippen LogP contribution in [-0.2, 0) is 4.79 Å². The smallest absolute Gasteiger partial charge is 0.197 e. The van der Waals surface area contributed by atoms with E-state index >= 15 is 0 Å². The topological polar surface area (TPSA) is 17.1 Å². The normalized spacial score (nSPS) is 12.9. The van der Waals surface area contributed by atoms with Crippen LogP contribution in [0.25, 0.3) is 0 Å². The molecule has 9 heavy (non-hydrogen) atoms. The summed E-state index contributed by atoms with van der Waals surface area (Å²) >= 11 is 0. The van der Waals surface area contributed by atoms with Gasteiger partial charge in [0.1, 0.15) is 5.83 Å². The number of halogens is 2. The van der Waals surface area contributed by atoms with Crippen molar-refractivity contribution in [3.05, 3.63) is 11.7 Å². The number of ketones is 1. The molecule has 0 aromatic carbocycles. The van der Waals surface area contributed by atoms with E-state index in [1.165, 1.54) is 6.92 Å². The van der Waals surface area contributed by atoms with E-state index in [0.717, 1.165) is 6.92 Å². The second-order valence-electron chi connectivity index (χ2n) is 1.63. The molecule has 0 radical (unpaired) electrons. The van der Waals surface area contributed by atoms with Crippen LogP contribution in [0.2, 0.25) is 0 Å². The van der Waals surface area contributed by atoms with E-state index in [1.807, 2.05) is 0 Å². The Kier molecular flexibility index (Phi) is 3.06. The molecule has 0 saturated heterocycles. The summed E-state index contributed by atoms with van der Waals surface area (Å²) in [7, 11) is 0. The fourth-order valence-corrected chi connectivity index (χ4v) is 0.346. The second-order valence-corrected chi connectivity index (χ2v) is 1.63. The molecule has 0 saturated carbocycles. The first-order valence-corrected chi connectivity index (χ1v) is 2.64. The Morgan fingerprint density at radius 2 is 1.89 bits per heavy atom. The van der Waals surface area contributed by atoms with Crippen LogP contribution in [-0.4, -0.2) is 5.78 Å². The molecule has 0 unspecified atom stereocenters. The summed E-state index contributed by atoms with van der Waals surface area (Å²) in [5, 5.41) is 0. The van der Waals surface area contributed by atoms with E-state index in [9.17, 15) is 13.6 Å². The Bertz CT molecular complexity index is 149. The van der Waals surface area contributed by atoms with E-state index in [0.29, 0.717) is 0 Å². The molecule has 0 N–H and O–H groups in total. The van der Waals surface area contributed by atoms with Crippen molar-refractivity contribution in [2.24, 2.45) is 0 Å². The van der Waals surface area contributed by atoms with Gasteiger partial charge in [-0.1, -0.05) is 6.92 Å². The largest absolute Gasteiger partial charge is 0.292 e. The molecule has 0 amide bonds. The zero-order valence-corrected chi connectivity index (χ0v) is 5.37. The molecular formula is C6H8F2O. The minimum Gasteiger partial charge on any atom is -0.292 e. The number of hydrogen-bond donors (Lipinski definition) is 0. The lowest BCUT2D eigenvalue weighted by molar-refractivity contribution is -0.115. The third kappa shape index (κ3) is 2.35. The van der Waals surface area contributed by atoms with Crippen molar-refractivity contribution in [1.82, 2.24) is 0 Å². The Balaban J connectivity index is 4.28. The molecule has 0 aromatic rings. The van der Waals surface area contributed by atoms with Gasteiger partial charge >= 0.3 is 0 Å². The molecule has 0 rings (SSSR count). The fraction of sp³-hybridized carbons (Fsp3) is 0.500. The fourth-order valence-electron chi connectivity index (χ4n) is 0.346. The molecule has 0 aliphatic rings. The highest BCUT2D eigenvalue weighted by Gasteiger charge is 2.07. The molecule has 0 heterocycles. The van der Waals surface area contributed by atoms with Gasteiger partial charge in [-0.3, -0.25) is 4.79 Å². The third-order valence-electron chi connectivity index (χ3n) is 0.858. The predicted molar refractivity (Wildman–Crippen MR) is 30.2 cm³/mol. The maximum absolute atomic E-state index is 12.1. The molecule has 0 spiro atoms. The zero-order valence-electron chi connectivity index (χ0n) is 5.37. The molecule has 0 bridgehead atoms. The number of allylic oxidation sites excluding steroid dienone is 2. The Morgan fingerprint density at radius 3 is 2.00 bits per heavy atom. The van der Waals surface area contributed by atoms with Crippen molar-refractivity contribution in [1.29, 1.82) is 0 Å². The van der Waals surface area contributed by atoms with Crippen LogP contribution in [0, 0.1) is 0 Å². The molecule has 1 nitrogen and oxygen atoms in total. The van der Waals surface area contributed by atoms with Crippen molar-refractivity contribution in [2.45, 2.75) is 20.3 Å². The Hall–Kier alpha value is -0.730. The van der Waals surface area contributed by atoms with Gasteiger partial charge in [0.25, 0.3) is 0 Å². The maximum atomic E-state index is 12.1. The van der Waals surface area contributed by atoms with Gasteiger partial charge in [-0.2, -0.15) is 0 Å². The number of Topliss-reactive ketones (excluding diaryl/α,β-unsaturated/α-hetero) is 1. The van der Waals surface area contributed by atoms with Crippen molar-refractivity contribution < 1.29 is 13.6 Å². The zero-order chi connectivity index (χ0) is 7.44. The summed E-state index contributed by atoms with van der Waals surface area (Å²) in [4.78, 5) is 10.1. The number of rotatable bonds is 2. The standard InChI is InChI=1S/C6H8F2O/c1-3-5(7)6(8)4(2)9/h3H2,1-2H3. The van der Waals surface area contributed by atoms with Gasteiger partial charge in [0.05, 0.1) is 0 Å². The van der Waals surface area contributed by atoms with Gasteiger partial charge in [0.2, 0.25) is 0 Å². The van der Waals surface area contributed by atoms with E-state index in [2.05, 4.69) is 0 Å². The van der Waals surface area contributed by atoms with E-state index < -0.39 is 17.4 Å². The first kappa shape index (κ1) is 8.27. The molecule has 0 aliphatic carbocycles. The van der Waals surface area contributed by atoms with Gasteiger partial charge in [-0.15, -0.1) is 0 Å². The third-order valence-corrected chi connectivity index (χ3v) is 0.858. The highest BCUT2D eigenvalue weighted by Crippen LogP contribution is 2.11. The molecule has 0 fully saturated rings. The second kappa shape index (κ2) is 3.33.